The summed E-state index contributed by atoms with van der Waals surface area (Å²) >= 11 is 0. The van der Waals surface area contributed by atoms with Crippen molar-refractivity contribution in [3.8, 4) is 0 Å². The fourth-order valence-electron chi connectivity index (χ4n) is 1.68. The smallest absolute Gasteiger partial charge is 0.0780 e. The fraction of sp³-hybridized carbons (Fsp3) is 0.0833. The van der Waals surface area contributed by atoms with Crippen LogP contribution in [0.1, 0.15) is 5.56 Å². The van der Waals surface area contributed by atoms with E-state index in [2.05, 4.69) is 41.1 Å². The molecule has 0 radical (unpaired) electrons. The molecule has 0 saturated carbocycles. The molecule has 2 aliphatic rings. The van der Waals surface area contributed by atoms with E-state index in [-0.39, 0.29) is 0 Å². The van der Waals surface area contributed by atoms with E-state index in [1.807, 2.05) is 12.3 Å². The summed E-state index contributed by atoms with van der Waals surface area (Å²) in [4.78, 5) is 4.32. The molecule has 1 aromatic rings. The first kappa shape index (κ1) is 8.91. The average Bonchev–Trinajstić information content (AvgIpc) is 2.88. The molecule has 0 unspecified atom stereocenters. The van der Waals surface area contributed by atoms with Gasteiger partial charge in [-0.05, 0) is 18.3 Å². The molecule has 2 N–H and O–H groups in total. The molecular formula is C12H12N2. The highest BCUT2D eigenvalue weighted by Gasteiger charge is 2.06. The lowest BCUT2D eigenvalue weighted by molar-refractivity contribution is 1.46. The van der Waals surface area contributed by atoms with Gasteiger partial charge in [0.1, 0.15) is 0 Å². The molecule has 0 amide bonds. The molecule has 0 aromatic heterocycles. The van der Waals surface area contributed by atoms with E-state index in [1.54, 1.807) is 0 Å². The largest absolute Gasteiger partial charge is 0.333 e. The first-order chi connectivity index (χ1) is 6.95. The van der Waals surface area contributed by atoms with Crippen molar-refractivity contribution in [1.82, 2.24) is 0 Å². The Bertz CT molecular complexity index is 473. The third-order valence-corrected chi connectivity index (χ3v) is 2.28. The van der Waals surface area contributed by atoms with E-state index in [0.29, 0.717) is 0 Å². The van der Waals surface area contributed by atoms with Crippen LogP contribution in [-0.2, 0) is 0 Å². The highest BCUT2D eigenvalue weighted by molar-refractivity contribution is 5.98. The molecule has 0 spiro atoms. The van der Waals surface area contributed by atoms with Crippen molar-refractivity contribution in [2.24, 2.45) is 10.7 Å². The summed E-state index contributed by atoms with van der Waals surface area (Å²) in [5, 5.41) is 2.51. The topological polar surface area (TPSA) is 38.4 Å². The van der Waals surface area contributed by atoms with Crippen molar-refractivity contribution in [2.45, 2.75) is 0 Å². The van der Waals surface area contributed by atoms with Gasteiger partial charge < -0.3 is 5.73 Å². The van der Waals surface area contributed by atoms with Crippen molar-refractivity contribution in [3.63, 3.8) is 0 Å². The van der Waals surface area contributed by atoms with Gasteiger partial charge in [-0.1, -0.05) is 30.4 Å². The van der Waals surface area contributed by atoms with Crippen LogP contribution in [0.15, 0.2) is 23.2 Å². The summed E-state index contributed by atoms with van der Waals surface area (Å²) in [5.41, 5.74) is 6.88. The van der Waals surface area contributed by atoms with Crippen LogP contribution < -0.4 is 16.2 Å². The number of rotatable bonds is 0. The average molecular weight is 184 g/mol. The quantitative estimate of drug-likeness (QED) is 0.629. The number of nitrogens with zero attached hydrogens (tertiary/aromatic N) is 1. The minimum atomic E-state index is 1.12. The third kappa shape index (κ3) is 1.20. The maximum Gasteiger partial charge on any atom is 0.0780 e. The molecule has 1 aromatic carbocycles. The van der Waals surface area contributed by atoms with E-state index in [0.717, 1.165) is 5.69 Å². The number of allylic oxidation sites excluding steroid dienone is 1. The molecule has 70 valence electrons. The molecule has 2 nitrogen and oxygen atoms in total. The second-order valence-electron chi connectivity index (χ2n) is 2.98. The van der Waals surface area contributed by atoms with Crippen molar-refractivity contribution in [2.75, 3.05) is 7.05 Å². The molecule has 0 atom stereocenters. The molecule has 1 heterocycles. The molecule has 14 heavy (non-hydrogen) atoms. The molecule has 0 fully saturated rings. The first-order valence-electron chi connectivity index (χ1n) is 4.59. The molecule has 2 heteroatoms. The monoisotopic (exact) mass is 184 g/mol. The summed E-state index contributed by atoms with van der Waals surface area (Å²) in [7, 11) is 1.50. The normalized spacial score (nSPS) is 13.6. The summed E-state index contributed by atoms with van der Waals surface area (Å²) in [6.45, 7) is 0. The van der Waals surface area contributed by atoms with Gasteiger partial charge in [0.25, 0.3) is 0 Å². The summed E-state index contributed by atoms with van der Waals surface area (Å²) in [5.74, 6) is 0. The summed E-state index contributed by atoms with van der Waals surface area (Å²) in [6.07, 6.45) is 10.2. The zero-order valence-electron chi connectivity index (χ0n) is 8.07. The Balaban J connectivity index is 0.000000354. The number of aliphatic imine (C=N–C) groups is 1. The highest BCUT2D eigenvalue weighted by Crippen LogP contribution is 2.16. The molecule has 0 bridgehead atoms. The van der Waals surface area contributed by atoms with Gasteiger partial charge in [-0.15, -0.1) is 0 Å². The number of benzene rings is 1. The Hall–Kier alpha value is -1.67. The van der Waals surface area contributed by atoms with Gasteiger partial charge in [0, 0.05) is 17.0 Å². The SMILES string of the molecule is C1=Cc2c3c(ccc2=C1)=CC=N3.CN. The van der Waals surface area contributed by atoms with Gasteiger partial charge in [0.05, 0.1) is 5.69 Å². The lowest BCUT2D eigenvalue weighted by Gasteiger charge is -1.96. The van der Waals surface area contributed by atoms with Crippen LogP contribution >= 0.6 is 0 Å². The number of fused-ring (bicyclic) bond motifs is 3. The number of hydrogen-bond donors (Lipinski definition) is 1. The van der Waals surface area contributed by atoms with Crippen molar-refractivity contribution in [3.05, 3.63) is 34.2 Å². The van der Waals surface area contributed by atoms with Crippen molar-refractivity contribution < 1.29 is 0 Å². The molecular weight excluding hydrogens is 172 g/mol. The Morgan fingerprint density at radius 3 is 2.71 bits per heavy atom. The van der Waals surface area contributed by atoms with Crippen LogP contribution in [0.25, 0.3) is 18.2 Å². The second kappa shape index (κ2) is 3.60. The Kier molecular flexibility index (Phi) is 2.29. The molecule has 3 rings (SSSR count). The van der Waals surface area contributed by atoms with Gasteiger partial charge in [-0.2, -0.15) is 0 Å². The van der Waals surface area contributed by atoms with Crippen LogP contribution in [0.2, 0.25) is 0 Å². The maximum atomic E-state index is 4.50. The highest BCUT2D eigenvalue weighted by atomic mass is 14.7. The van der Waals surface area contributed by atoms with Crippen LogP contribution in [0.4, 0.5) is 5.69 Å². The van der Waals surface area contributed by atoms with Gasteiger partial charge in [0.15, 0.2) is 0 Å². The van der Waals surface area contributed by atoms with E-state index in [1.165, 1.54) is 23.0 Å². The summed E-state index contributed by atoms with van der Waals surface area (Å²) < 4.78 is 0. The van der Waals surface area contributed by atoms with Crippen molar-refractivity contribution in [1.29, 1.82) is 0 Å². The van der Waals surface area contributed by atoms with E-state index < -0.39 is 0 Å². The van der Waals surface area contributed by atoms with Crippen LogP contribution in [0, 0.1) is 0 Å². The number of nitrogens with two attached hydrogens (primary N) is 1. The maximum absolute atomic E-state index is 4.50. The summed E-state index contributed by atoms with van der Waals surface area (Å²) in [6, 6.07) is 4.25. The van der Waals surface area contributed by atoms with E-state index >= 15 is 0 Å². The Morgan fingerprint density at radius 2 is 1.86 bits per heavy atom. The Morgan fingerprint density at radius 1 is 1.07 bits per heavy atom. The second-order valence-corrected chi connectivity index (χ2v) is 2.98. The molecule has 0 saturated heterocycles. The van der Waals surface area contributed by atoms with Crippen LogP contribution in [0.3, 0.4) is 0 Å². The van der Waals surface area contributed by atoms with Gasteiger partial charge in [-0.3, -0.25) is 4.99 Å². The lowest BCUT2D eigenvalue weighted by atomic mass is 10.1. The third-order valence-electron chi connectivity index (χ3n) is 2.28. The minimum Gasteiger partial charge on any atom is -0.333 e. The van der Waals surface area contributed by atoms with E-state index in [9.17, 15) is 0 Å². The molecule has 1 aliphatic heterocycles. The predicted molar refractivity (Wildman–Crippen MR) is 61.9 cm³/mol. The van der Waals surface area contributed by atoms with Crippen molar-refractivity contribution >= 4 is 30.1 Å². The van der Waals surface area contributed by atoms with E-state index in [4.69, 9.17) is 0 Å². The Labute approximate surface area is 82.8 Å². The van der Waals surface area contributed by atoms with Gasteiger partial charge in [-0.25, -0.2) is 0 Å². The minimum absolute atomic E-state index is 1.12. The van der Waals surface area contributed by atoms with Crippen LogP contribution in [-0.4, -0.2) is 13.3 Å². The zero-order valence-corrected chi connectivity index (χ0v) is 8.07. The first-order valence-corrected chi connectivity index (χ1v) is 4.59. The standard InChI is InChI=1S/C11H7N.CH5N/c1-2-8-4-5-9-6-7-12-11(9)10(8)3-1;1-2/h1-7H;2H2,1H3. The van der Waals surface area contributed by atoms with Gasteiger partial charge in [0.2, 0.25) is 0 Å². The van der Waals surface area contributed by atoms with Crippen LogP contribution in [0.5, 0.6) is 0 Å². The molecule has 1 aliphatic carbocycles. The fourth-order valence-corrected chi connectivity index (χ4v) is 1.68. The van der Waals surface area contributed by atoms with Gasteiger partial charge >= 0.3 is 0 Å². The zero-order chi connectivity index (χ0) is 9.97. The lowest BCUT2D eigenvalue weighted by Crippen LogP contribution is -2.09. The predicted octanol–water partition coefficient (Wildman–Crippen LogP) is 0.565. The number of hydrogen-bond acceptors (Lipinski definition) is 2.